The fourth-order valence-corrected chi connectivity index (χ4v) is 11.8. The molecule has 79 heavy (non-hydrogen) atoms. The first-order chi connectivity index (χ1) is 38.9. The van der Waals surface area contributed by atoms with Gasteiger partial charge in [-0.15, -0.1) is 0 Å². The number of nitrogens with one attached hydrogen (secondary N) is 2. The number of nitrogens with zero attached hydrogens (tertiary/aromatic N) is 12. The number of aromatic nitrogens is 9. The third-order valence-corrected chi connectivity index (χ3v) is 16.0. The number of benzene rings is 4. The smallest absolute Gasteiger partial charge is 0.162 e. The van der Waals surface area contributed by atoms with Crippen molar-refractivity contribution in [3.8, 4) is 62.4 Å². The van der Waals surface area contributed by atoms with Crippen molar-refractivity contribution < 1.29 is 5.11 Å². The van der Waals surface area contributed by atoms with E-state index in [1.165, 1.54) is 16.7 Å². The Morgan fingerprint density at radius 3 is 2.04 bits per heavy atom. The third kappa shape index (κ3) is 9.60. The van der Waals surface area contributed by atoms with Crippen molar-refractivity contribution in [2.45, 2.75) is 38.6 Å². The van der Waals surface area contributed by atoms with Crippen LogP contribution in [0.2, 0.25) is 0 Å². The van der Waals surface area contributed by atoms with Gasteiger partial charge < -0.3 is 30.4 Å². The summed E-state index contributed by atoms with van der Waals surface area (Å²) in [5.74, 6) is 5.44. The fraction of sp³-hybridized carbons (Fsp3) is 0.234. The van der Waals surface area contributed by atoms with Gasteiger partial charge in [0.15, 0.2) is 17.5 Å². The van der Waals surface area contributed by atoms with E-state index >= 15 is 0 Å². The second-order valence-corrected chi connectivity index (χ2v) is 21.1. The molecule has 10 aromatic rings. The molecule has 2 aliphatic heterocycles. The minimum absolute atomic E-state index is 0.148. The van der Waals surface area contributed by atoms with E-state index < -0.39 is 0 Å². The van der Waals surface area contributed by atoms with Crippen LogP contribution in [0.1, 0.15) is 35.7 Å². The third-order valence-electron chi connectivity index (χ3n) is 16.0. The highest BCUT2D eigenvalue weighted by Gasteiger charge is 2.27. The molecule has 2 saturated heterocycles. The molecule has 390 valence electrons. The van der Waals surface area contributed by atoms with Crippen LogP contribution in [0.3, 0.4) is 0 Å². The highest BCUT2D eigenvalue weighted by atomic mass is 16.3. The van der Waals surface area contributed by atoms with Crippen LogP contribution in [-0.2, 0) is 19.3 Å². The molecule has 8 heterocycles. The number of phenols is 1. The summed E-state index contributed by atoms with van der Waals surface area (Å²) < 4.78 is 0. The number of pyridine rings is 3. The van der Waals surface area contributed by atoms with Crippen LogP contribution in [-0.4, -0.2) is 108 Å². The van der Waals surface area contributed by atoms with Crippen molar-refractivity contribution in [3.05, 3.63) is 175 Å². The van der Waals surface area contributed by atoms with E-state index in [0.717, 1.165) is 168 Å². The molecule has 6 aromatic heterocycles. The molecule has 0 amide bonds. The van der Waals surface area contributed by atoms with Crippen molar-refractivity contribution in [3.63, 3.8) is 0 Å². The average Bonchev–Trinajstić information content (AvgIpc) is 3.56. The number of hydrogen-bond acceptors (Lipinski definition) is 15. The first kappa shape index (κ1) is 48.2. The molecule has 4 aliphatic rings. The van der Waals surface area contributed by atoms with Gasteiger partial charge in [-0.05, 0) is 139 Å². The van der Waals surface area contributed by atoms with Crippen molar-refractivity contribution in [1.82, 2.24) is 50.2 Å². The van der Waals surface area contributed by atoms with Crippen molar-refractivity contribution in [1.29, 1.82) is 0 Å². The Hall–Kier alpha value is -9.21. The summed E-state index contributed by atoms with van der Waals surface area (Å²) >= 11 is 0. The Kier molecular flexibility index (Phi) is 12.6. The predicted molar refractivity (Wildman–Crippen MR) is 314 cm³/mol. The zero-order valence-corrected chi connectivity index (χ0v) is 44.0. The van der Waals surface area contributed by atoms with Gasteiger partial charge in [-0.1, -0.05) is 55.5 Å². The van der Waals surface area contributed by atoms with Crippen LogP contribution >= 0.6 is 0 Å². The number of allylic oxidation sites excluding steroid dienone is 1. The average molecular weight is 1040 g/mol. The lowest BCUT2D eigenvalue weighted by Crippen LogP contribution is -2.47. The number of aromatic hydroxyl groups is 1. The fourth-order valence-electron chi connectivity index (χ4n) is 11.8. The number of phenolic OH excluding ortho intramolecular Hbond substituents is 1. The Bertz CT molecular complexity index is 3950. The van der Waals surface area contributed by atoms with Crippen LogP contribution in [0.25, 0.3) is 84.6 Å². The number of hydrogen-bond donors (Lipinski definition) is 3. The minimum Gasteiger partial charge on any atom is -0.508 e. The van der Waals surface area contributed by atoms with E-state index in [9.17, 15) is 5.11 Å². The number of para-hydroxylation sites is 1. The van der Waals surface area contributed by atoms with Gasteiger partial charge in [0.2, 0.25) is 0 Å². The molecule has 3 N–H and O–H groups in total. The van der Waals surface area contributed by atoms with E-state index in [4.69, 9.17) is 39.9 Å². The summed E-state index contributed by atoms with van der Waals surface area (Å²) in [5, 5.41) is 19.3. The summed E-state index contributed by atoms with van der Waals surface area (Å²) in [6.45, 7) is 9.15. The van der Waals surface area contributed by atoms with Crippen LogP contribution in [0.4, 0.5) is 23.1 Å². The molecule has 15 heteroatoms. The molecule has 2 aliphatic carbocycles. The van der Waals surface area contributed by atoms with Crippen LogP contribution in [0, 0.1) is 5.92 Å². The van der Waals surface area contributed by atoms with Gasteiger partial charge in [-0.3, -0.25) is 15.0 Å². The Morgan fingerprint density at radius 1 is 0.570 bits per heavy atom. The molecule has 15 nitrogen and oxygen atoms in total. The van der Waals surface area contributed by atoms with E-state index in [2.05, 4.69) is 104 Å². The van der Waals surface area contributed by atoms with E-state index in [1.54, 1.807) is 24.5 Å². The second-order valence-electron chi connectivity index (χ2n) is 21.1. The maximum Gasteiger partial charge on any atom is 0.162 e. The molecular formula is C64H58N14O. The molecule has 0 bridgehead atoms. The molecule has 1 unspecified atom stereocenters. The first-order valence-electron chi connectivity index (χ1n) is 27.5. The van der Waals surface area contributed by atoms with Gasteiger partial charge in [0.25, 0.3) is 0 Å². The lowest BCUT2D eigenvalue weighted by molar-refractivity contribution is 0.475. The Labute approximate surface area is 458 Å². The lowest BCUT2D eigenvalue weighted by Gasteiger charge is -2.37. The molecule has 0 radical (unpaired) electrons. The molecule has 2 fully saturated rings. The summed E-state index contributed by atoms with van der Waals surface area (Å²) in [7, 11) is 0. The zero-order chi connectivity index (χ0) is 52.8. The highest BCUT2D eigenvalue weighted by Crippen LogP contribution is 2.39. The van der Waals surface area contributed by atoms with Gasteiger partial charge in [0.05, 0.1) is 28.1 Å². The topological polar surface area (TPSA) is 170 Å². The lowest BCUT2D eigenvalue weighted by atomic mass is 9.83. The molecule has 14 rings (SSSR count). The van der Waals surface area contributed by atoms with Crippen molar-refractivity contribution >= 4 is 51.0 Å². The standard InChI is InChI=1S/C64H58N14O/c1-40-9-16-52-56(35-40)72-61(75-63(52)77-29-27-66-28-30-77)45-22-26-68-58(39-45)57-38-44(21-25-67-57)60-70-54-8-3-2-6-51(54)62(73-60)69-46-11-17-50-42(36-46)5-4-7-49(50)43-10-18-55-53(37-43)64(74-59(71-55)41-19-23-65-24-20-41)78-33-31-76(32-34-78)47-12-14-48(79)15-13-47/h2-10,12-16,18-26,37-40,46,66,79H,11,17,27-36H2,1H3,(H,69,70,73)/t40?,46-/m1/s1. The van der Waals surface area contributed by atoms with E-state index in [1.807, 2.05) is 67.0 Å². The molecular weight excluding hydrogens is 981 g/mol. The molecule has 0 spiro atoms. The summed E-state index contributed by atoms with van der Waals surface area (Å²) in [6, 6.07) is 41.3. The van der Waals surface area contributed by atoms with Gasteiger partial charge >= 0.3 is 0 Å². The first-order valence-corrected chi connectivity index (χ1v) is 27.5. The van der Waals surface area contributed by atoms with Crippen molar-refractivity contribution in [2.75, 3.05) is 72.4 Å². The SMILES string of the molecule is CC1C=Cc2c(nc(-c3ccnc(-c4cc(-c5nc(N[C@@H]6CCc7c(cccc7-c7ccc8nc(-c9ccncc9)nc(N9CCN(c%10ccc(O)cc%10)CC9)c8c7)C6)c6ccccc6n5)ccn4)c3)nc2N2CCNCC2)C1. The van der Waals surface area contributed by atoms with Gasteiger partial charge in [0.1, 0.15) is 23.2 Å². The van der Waals surface area contributed by atoms with Gasteiger partial charge in [-0.25, -0.2) is 29.9 Å². The van der Waals surface area contributed by atoms with Crippen molar-refractivity contribution in [2.24, 2.45) is 5.92 Å². The number of piperazine rings is 2. The van der Waals surface area contributed by atoms with E-state index in [0.29, 0.717) is 23.4 Å². The monoisotopic (exact) mass is 1040 g/mol. The summed E-state index contributed by atoms with van der Waals surface area (Å²) in [4.78, 5) is 52.2. The molecule has 0 saturated carbocycles. The predicted octanol–water partition coefficient (Wildman–Crippen LogP) is 10.5. The highest BCUT2D eigenvalue weighted by molar-refractivity contribution is 5.95. The largest absolute Gasteiger partial charge is 0.508 e. The Balaban J connectivity index is 0.736. The zero-order valence-electron chi connectivity index (χ0n) is 44.0. The van der Waals surface area contributed by atoms with E-state index in [-0.39, 0.29) is 11.8 Å². The summed E-state index contributed by atoms with van der Waals surface area (Å²) in [5.41, 5.74) is 14.3. The van der Waals surface area contributed by atoms with Gasteiger partial charge in [-0.2, -0.15) is 0 Å². The quantitative estimate of drug-likeness (QED) is 0.118. The molecule has 2 atom stereocenters. The Morgan fingerprint density at radius 2 is 1.25 bits per heavy atom. The number of fused-ring (bicyclic) bond motifs is 4. The second kappa shape index (κ2) is 20.6. The number of rotatable bonds is 10. The molecule has 4 aromatic carbocycles. The summed E-state index contributed by atoms with van der Waals surface area (Å²) in [6.07, 6.45) is 15.3. The van der Waals surface area contributed by atoms with Crippen LogP contribution in [0.15, 0.2) is 152 Å². The maximum absolute atomic E-state index is 9.92. The van der Waals surface area contributed by atoms with Gasteiger partial charge in [0, 0.05) is 122 Å². The van der Waals surface area contributed by atoms with Crippen LogP contribution in [0.5, 0.6) is 5.75 Å². The normalized spacial score (nSPS) is 17.2. The maximum atomic E-state index is 9.92. The minimum atomic E-state index is 0.148. The van der Waals surface area contributed by atoms with Crippen LogP contribution < -0.4 is 25.3 Å². The number of anilines is 4.